The van der Waals surface area contributed by atoms with Crippen LogP contribution >= 0.6 is 0 Å². The molecule has 3 aliphatic rings. The minimum absolute atomic E-state index is 0.581. The van der Waals surface area contributed by atoms with Crippen molar-refractivity contribution in [2.24, 2.45) is 0 Å². The number of nitrogens with one attached hydrogen (secondary N) is 1. The molecule has 1 aliphatic carbocycles. The molecule has 7 nitrogen and oxygen atoms in total. The fourth-order valence-corrected chi connectivity index (χ4v) is 5.11. The predicted octanol–water partition coefficient (Wildman–Crippen LogP) is 4.15. The van der Waals surface area contributed by atoms with Gasteiger partial charge in [-0.2, -0.15) is 4.98 Å². The Morgan fingerprint density at radius 1 is 1.09 bits per heavy atom. The zero-order chi connectivity index (χ0) is 22.1. The van der Waals surface area contributed by atoms with Gasteiger partial charge in [0.1, 0.15) is 11.6 Å². The van der Waals surface area contributed by atoms with Crippen molar-refractivity contribution in [3.8, 4) is 5.75 Å². The number of aromatic nitrogens is 2. The Balaban J connectivity index is 1.39. The lowest BCUT2D eigenvalue weighted by molar-refractivity contribution is 0.312. The topological polar surface area (TPSA) is 56.8 Å². The van der Waals surface area contributed by atoms with Crippen molar-refractivity contribution >= 4 is 29.2 Å². The van der Waals surface area contributed by atoms with Crippen LogP contribution in [-0.2, 0) is 0 Å². The van der Waals surface area contributed by atoms with Crippen LogP contribution < -0.4 is 19.9 Å². The first kappa shape index (κ1) is 21.1. The van der Waals surface area contributed by atoms with Gasteiger partial charge < -0.3 is 24.8 Å². The lowest BCUT2D eigenvalue weighted by Crippen LogP contribution is -2.44. The van der Waals surface area contributed by atoms with Crippen LogP contribution in [-0.4, -0.2) is 67.8 Å². The number of likely N-dealkylation sites (N-methyl/N-ethyl adjacent to an activating group) is 1. The van der Waals surface area contributed by atoms with Crippen molar-refractivity contribution in [3.05, 3.63) is 35.5 Å². The van der Waals surface area contributed by atoms with Crippen LogP contribution in [0.2, 0.25) is 0 Å². The van der Waals surface area contributed by atoms with E-state index in [1.165, 1.54) is 36.9 Å². The smallest absolute Gasteiger partial charge is 0.229 e. The molecule has 7 heteroatoms. The average Bonchev–Trinajstić information content (AvgIpc) is 3.34. The van der Waals surface area contributed by atoms with Crippen LogP contribution in [0, 0.1) is 0 Å². The monoisotopic (exact) mass is 434 g/mol. The minimum atomic E-state index is 0.581. The van der Waals surface area contributed by atoms with Gasteiger partial charge in [-0.1, -0.05) is 18.4 Å². The summed E-state index contributed by atoms with van der Waals surface area (Å²) in [6, 6.07) is 6.93. The first-order valence-corrected chi connectivity index (χ1v) is 11.8. The van der Waals surface area contributed by atoms with Gasteiger partial charge in [0.05, 0.1) is 12.8 Å². The molecule has 1 saturated carbocycles. The van der Waals surface area contributed by atoms with E-state index >= 15 is 0 Å². The van der Waals surface area contributed by atoms with Crippen LogP contribution in [0.5, 0.6) is 5.75 Å². The van der Waals surface area contributed by atoms with Gasteiger partial charge in [0.15, 0.2) is 0 Å². The molecule has 0 unspecified atom stereocenters. The van der Waals surface area contributed by atoms with Crippen molar-refractivity contribution in [2.45, 2.75) is 38.6 Å². The second-order valence-electron chi connectivity index (χ2n) is 9.33. The summed E-state index contributed by atoms with van der Waals surface area (Å²) in [5.74, 6) is 2.48. The molecule has 0 bridgehead atoms. The van der Waals surface area contributed by atoms with Crippen molar-refractivity contribution < 1.29 is 4.74 Å². The summed E-state index contributed by atoms with van der Waals surface area (Å²) in [6.07, 6.45) is 9.29. The molecule has 170 valence electrons. The van der Waals surface area contributed by atoms with Gasteiger partial charge in [-0.3, -0.25) is 0 Å². The van der Waals surface area contributed by atoms with Crippen molar-refractivity contribution in [3.63, 3.8) is 0 Å². The number of nitrogens with zero attached hydrogens (tertiary/aromatic N) is 5. The maximum atomic E-state index is 5.72. The molecular weight excluding hydrogens is 400 g/mol. The van der Waals surface area contributed by atoms with Crippen LogP contribution in [0.1, 0.15) is 38.2 Å². The fourth-order valence-electron chi connectivity index (χ4n) is 5.11. The number of hydrogen-bond acceptors (Lipinski definition) is 7. The van der Waals surface area contributed by atoms with Gasteiger partial charge in [-0.05, 0) is 45.0 Å². The van der Waals surface area contributed by atoms with Gasteiger partial charge in [0.2, 0.25) is 5.95 Å². The van der Waals surface area contributed by atoms with Crippen LogP contribution in [0.15, 0.2) is 30.0 Å². The van der Waals surface area contributed by atoms with Crippen LogP contribution in [0.4, 0.5) is 23.1 Å². The SMILES string of the molecule is COc1cc(N2CCN(C)CC2)ccc1Nc1ncc2c(n1)N(C1CCCC1)CC(C)=C2. The van der Waals surface area contributed by atoms with Gasteiger partial charge >= 0.3 is 0 Å². The minimum Gasteiger partial charge on any atom is -0.494 e. The number of methoxy groups -OCH3 is 1. The average molecular weight is 435 g/mol. The Morgan fingerprint density at radius 2 is 1.88 bits per heavy atom. The van der Waals surface area contributed by atoms with E-state index < -0.39 is 0 Å². The number of piperazine rings is 1. The second-order valence-corrected chi connectivity index (χ2v) is 9.33. The number of hydrogen-bond donors (Lipinski definition) is 1. The third-order valence-corrected chi connectivity index (χ3v) is 6.96. The van der Waals surface area contributed by atoms with Crippen LogP contribution in [0.3, 0.4) is 0 Å². The van der Waals surface area contributed by atoms with Crippen molar-refractivity contribution in [1.82, 2.24) is 14.9 Å². The second kappa shape index (κ2) is 8.98. The Hall–Kier alpha value is -2.80. The summed E-state index contributed by atoms with van der Waals surface area (Å²) < 4.78 is 5.72. The molecule has 2 aromatic rings. The Labute approximate surface area is 191 Å². The Morgan fingerprint density at radius 3 is 2.62 bits per heavy atom. The summed E-state index contributed by atoms with van der Waals surface area (Å²) in [4.78, 5) is 16.8. The van der Waals surface area contributed by atoms with E-state index in [-0.39, 0.29) is 0 Å². The quantitative estimate of drug-likeness (QED) is 0.759. The first-order valence-electron chi connectivity index (χ1n) is 11.8. The molecule has 2 aliphatic heterocycles. The largest absolute Gasteiger partial charge is 0.494 e. The third kappa shape index (κ3) is 4.26. The number of benzene rings is 1. The van der Waals surface area contributed by atoms with E-state index in [9.17, 15) is 0 Å². The van der Waals surface area contributed by atoms with E-state index in [4.69, 9.17) is 9.72 Å². The Kier molecular flexibility index (Phi) is 5.91. The zero-order valence-corrected chi connectivity index (χ0v) is 19.5. The number of ether oxygens (including phenoxy) is 1. The molecule has 1 aromatic carbocycles. The highest BCUT2D eigenvalue weighted by atomic mass is 16.5. The summed E-state index contributed by atoms with van der Waals surface area (Å²) in [7, 11) is 3.89. The molecule has 5 rings (SSSR count). The van der Waals surface area contributed by atoms with Gasteiger partial charge in [-0.15, -0.1) is 0 Å². The molecule has 1 saturated heterocycles. The van der Waals surface area contributed by atoms with Gasteiger partial charge in [0, 0.05) is 62.3 Å². The van der Waals surface area contributed by atoms with Crippen LogP contribution in [0.25, 0.3) is 6.08 Å². The molecule has 0 radical (unpaired) electrons. The molecule has 1 aromatic heterocycles. The standard InChI is InChI=1S/C25H34N6O/c1-18-14-19-16-26-25(28-24(19)31(17-18)20-6-4-5-7-20)27-22-9-8-21(15-23(22)32-3)30-12-10-29(2)11-13-30/h8-9,14-16,20H,4-7,10-13,17H2,1-3H3,(H,26,27,28). The normalized spacial score (nSPS) is 19.7. The van der Waals surface area contributed by atoms with E-state index in [1.807, 2.05) is 6.20 Å². The van der Waals surface area contributed by atoms with E-state index in [0.717, 1.165) is 55.5 Å². The fraction of sp³-hybridized carbons (Fsp3) is 0.520. The molecule has 0 spiro atoms. The molecule has 1 N–H and O–H groups in total. The highest BCUT2D eigenvalue weighted by Crippen LogP contribution is 2.36. The summed E-state index contributed by atoms with van der Waals surface area (Å²) in [5, 5.41) is 3.41. The molecular formula is C25H34N6O. The number of rotatable bonds is 5. The molecule has 3 heterocycles. The maximum absolute atomic E-state index is 5.72. The summed E-state index contributed by atoms with van der Waals surface area (Å²) in [6.45, 7) is 7.38. The van der Waals surface area contributed by atoms with E-state index in [1.54, 1.807) is 7.11 Å². The number of fused-ring (bicyclic) bond motifs is 1. The first-order chi connectivity index (χ1) is 15.6. The highest BCUT2D eigenvalue weighted by Gasteiger charge is 2.28. The lowest BCUT2D eigenvalue weighted by Gasteiger charge is -2.34. The zero-order valence-electron chi connectivity index (χ0n) is 19.5. The molecule has 0 amide bonds. The molecule has 0 atom stereocenters. The summed E-state index contributed by atoms with van der Waals surface area (Å²) in [5.41, 5.74) is 4.57. The number of anilines is 4. The maximum Gasteiger partial charge on any atom is 0.229 e. The van der Waals surface area contributed by atoms with Crippen molar-refractivity contribution in [2.75, 3.05) is 62.0 Å². The predicted molar refractivity (Wildman–Crippen MR) is 131 cm³/mol. The highest BCUT2D eigenvalue weighted by molar-refractivity contribution is 5.73. The van der Waals surface area contributed by atoms with Gasteiger partial charge in [0.25, 0.3) is 0 Å². The third-order valence-electron chi connectivity index (χ3n) is 6.96. The Bertz CT molecular complexity index is 992. The van der Waals surface area contributed by atoms with E-state index in [2.05, 4.69) is 63.2 Å². The van der Waals surface area contributed by atoms with E-state index in [0.29, 0.717) is 12.0 Å². The molecule has 32 heavy (non-hydrogen) atoms. The molecule has 2 fully saturated rings. The summed E-state index contributed by atoms with van der Waals surface area (Å²) >= 11 is 0. The van der Waals surface area contributed by atoms with Gasteiger partial charge in [-0.25, -0.2) is 4.98 Å². The lowest BCUT2D eigenvalue weighted by atomic mass is 10.1. The van der Waals surface area contributed by atoms with Crippen molar-refractivity contribution in [1.29, 1.82) is 0 Å².